The maximum atomic E-state index is 3.95. The summed E-state index contributed by atoms with van der Waals surface area (Å²) in [6.07, 6.45) is 10.2. The summed E-state index contributed by atoms with van der Waals surface area (Å²) < 4.78 is 0. The van der Waals surface area contributed by atoms with Gasteiger partial charge in [-0.3, -0.25) is 0 Å². The molecule has 11 heavy (non-hydrogen) atoms. The number of hydrogen-bond acceptors (Lipinski definition) is 1. The fourth-order valence-electron chi connectivity index (χ4n) is 1.03. The first-order valence-electron chi connectivity index (χ1n) is 4.53. The van der Waals surface area contributed by atoms with Crippen molar-refractivity contribution in [3.05, 3.63) is 11.5 Å². The Morgan fingerprint density at radius 3 is 2.36 bits per heavy atom. The van der Waals surface area contributed by atoms with Gasteiger partial charge in [0.2, 0.25) is 0 Å². The molecule has 0 aliphatic carbocycles. The summed E-state index contributed by atoms with van der Waals surface area (Å²) >= 11 is 1.79. The molecule has 1 heteroatoms. The standard InChI is InChI=1S/C10H20S/c1-4-5-6-7-8-9-10(2)11-3/h2,4-9H2,1,3H3. The summed E-state index contributed by atoms with van der Waals surface area (Å²) in [5.41, 5.74) is 0. The van der Waals surface area contributed by atoms with Crippen LogP contribution in [0.25, 0.3) is 0 Å². The Morgan fingerprint density at radius 1 is 1.18 bits per heavy atom. The van der Waals surface area contributed by atoms with Crippen LogP contribution in [0, 0.1) is 0 Å². The second kappa shape index (κ2) is 8.19. The SMILES string of the molecule is C=C(CCCCCCC)SC. The van der Waals surface area contributed by atoms with E-state index in [1.54, 1.807) is 11.8 Å². The molecule has 0 aliphatic rings. The van der Waals surface area contributed by atoms with Gasteiger partial charge in [-0.25, -0.2) is 0 Å². The van der Waals surface area contributed by atoms with Crippen LogP contribution in [0.5, 0.6) is 0 Å². The van der Waals surface area contributed by atoms with E-state index in [1.165, 1.54) is 43.4 Å². The number of unbranched alkanes of at least 4 members (excludes halogenated alkanes) is 4. The molecule has 0 unspecified atom stereocenters. The van der Waals surface area contributed by atoms with E-state index in [0.29, 0.717) is 0 Å². The van der Waals surface area contributed by atoms with Crippen LogP contribution in [0.2, 0.25) is 0 Å². The third-order valence-electron chi connectivity index (χ3n) is 1.85. The molecule has 0 heterocycles. The summed E-state index contributed by atoms with van der Waals surface area (Å²) in [4.78, 5) is 1.33. The monoisotopic (exact) mass is 172 g/mol. The summed E-state index contributed by atoms with van der Waals surface area (Å²) in [7, 11) is 0. The van der Waals surface area contributed by atoms with Gasteiger partial charge >= 0.3 is 0 Å². The molecule has 0 saturated carbocycles. The zero-order valence-electron chi connectivity index (χ0n) is 7.86. The van der Waals surface area contributed by atoms with Gasteiger partial charge in [0.1, 0.15) is 0 Å². The van der Waals surface area contributed by atoms with Crippen molar-refractivity contribution in [3.63, 3.8) is 0 Å². The van der Waals surface area contributed by atoms with Crippen LogP contribution in [0.3, 0.4) is 0 Å². The molecular formula is C10H20S. The van der Waals surface area contributed by atoms with E-state index < -0.39 is 0 Å². The quantitative estimate of drug-likeness (QED) is 0.518. The molecule has 0 spiro atoms. The third-order valence-corrected chi connectivity index (χ3v) is 2.63. The molecule has 0 N–H and O–H groups in total. The maximum absolute atomic E-state index is 3.95. The van der Waals surface area contributed by atoms with E-state index in [0.717, 1.165) is 0 Å². The Kier molecular flexibility index (Phi) is 8.26. The highest BCUT2D eigenvalue weighted by atomic mass is 32.2. The molecule has 0 fully saturated rings. The first kappa shape index (κ1) is 11.1. The van der Waals surface area contributed by atoms with Gasteiger partial charge in [0.05, 0.1) is 0 Å². The van der Waals surface area contributed by atoms with Crippen LogP contribution < -0.4 is 0 Å². The molecule has 0 aromatic heterocycles. The molecule has 0 atom stereocenters. The zero-order chi connectivity index (χ0) is 8.53. The van der Waals surface area contributed by atoms with Gasteiger partial charge in [0.25, 0.3) is 0 Å². The Balaban J connectivity index is 2.95. The van der Waals surface area contributed by atoms with Crippen molar-refractivity contribution < 1.29 is 0 Å². The highest BCUT2D eigenvalue weighted by Gasteiger charge is 1.91. The average molecular weight is 172 g/mol. The van der Waals surface area contributed by atoms with Crippen molar-refractivity contribution in [1.82, 2.24) is 0 Å². The fraction of sp³-hybridized carbons (Fsp3) is 0.800. The van der Waals surface area contributed by atoms with Crippen LogP contribution >= 0.6 is 11.8 Å². The van der Waals surface area contributed by atoms with Crippen LogP contribution in [-0.2, 0) is 0 Å². The average Bonchev–Trinajstić information content (AvgIpc) is 2.04. The summed E-state index contributed by atoms with van der Waals surface area (Å²) in [6, 6.07) is 0. The number of rotatable bonds is 7. The lowest BCUT2D eigenvalue weighted by molar-refractivity contribution is 0.636. The molecule has 0 rings (SSSR count). The number of allylic oxidation sites excluding steroid dienone is 1. The molecule has 0 amide bonds. The molecule has 0 bridgehead atoms. The molecule has 0 radical (unpaired) electrons. The zero-order valence-corrected chi connectivity index (χ0v) is 8.67. The Bertz CT molecular complexity index is 97.0. The van der Waals surface area contributed by atoms with E-state index in [4.69, 9.17) is 0 Å². The smallest absolute Gasteiger partial charge is 0.0140 e. The minimum absolute atomic E-state index is 1.21. The second-order valence-electron chi connectivity index (χ2n) is 2.91. The number of hydrogen-bond donors (Lipinski definition) is 0. The minimum atomic E-state index is 1.21. The van der Waals surface area contributed by atoms with Gasteiger partial charge in [-0.15, -0.1) is 11.8 Å². The van der Waals surface area contributed by atoms with E-state index in [-0.39, 0.29) is 0 Å². The lowest BCUT2D eigenvalue weighted by Gasteiger charge is -2.00. The van der Waals surface area contributed by atoms with Gasteiger partial charge in [-0.2, -0.15) is 0 Å². The Labute approximate surface area is 75.5 Å². The Hall–Kier alpha value is 0.0900. The summed E-state index contributed by atoms with van der Waals surface area (Å²) in [6.45, 7) is 6.20. The fourth-order valence-corrected chi connectivity index (χ4v) is 1.38. The first-order valence-corrected chi connectivity index (χ1v) is 5.75. The maximum Gasteiger partial charge on any atom is -0.0140 e. The molecule has 66 valence electrons. The van der Waals surface area contributed by atoms with E-state index >= 15 is 0 Å². The van der Waals surface area contributed by atoms with Crippen LogP contribution in [0.1, 0.15) is 45.4 Å². The van der Waals surface area contributed by atoms with Crippen LogP contribution in [-0.4, -0.2) is 6.26 Å². The van der Waals surface area contributed by atoms with Gasteiger partial charge < -0.3 is 0 Å². The van der Waals surface area contributed by atoms with Crippen molar-refractivity contribution in [1.29, 1.82) is 0 Å². The van der Waals surface area contributed by atoms with Gasteiger partial charge in [0.15, 0.2) is 0 Å². The third kappa shape index (κ3) is 7.99. The lowest BCUT2D eigenvalue weighted by Crippen LogP contribution is -1.78. The van der Waals surface area contributed by atoms with E-state index in [2.05, 4.69) is 19.8 Å². The predicted octanol–water partition coefficient (Wildman–Crippen LogP) is 4.22. The van der Waals surface area contributed by atoms with Crippen molar-refractivity contribution in [3.8, 4) is 0 Å². The van der Waals surface area contributed by atoms with Crippen molar-refractivity contribution >= 4 is 11.8 Å². The van der Waals surface area contributed by atoms with Crippen LogP contribution in [0.15, 0.2) is 11.5 Å². The minimum Gasteiger partial charge on any atom is -0.135 e. The predicted molar refractivity (Wildman–Crippen MR) is 56.0 cm³/mol. The second-order valence-corrected chi connectivity index (χ2v) is 3.89. The van der Waals surface area contributed by atoms with Crippen molar-refractivity contribution in [2.75, 3.05) is 6.26 Å². The summed E-state index contributed by atoms with van der Waals surface area (Å²) in [5, 5.41) is 0. The molecule has 0 nitrogen and oxygen atoms in total. The van der Waals surface area contributed by atoms with E-state index in [1.807, 2.05) is 0 Å². The topological polar surface area (TPSA) is 0 Å². The summed E-state index contributed by atoms with van der Waals surface area (Å²) in [5.74, 6) is 0. The molecule has 0 saturated heterocycles. The van der Waals surface area contributed by atoms with Crippen molar-refractivity contribution in [2.45, 2.75) is 45.4 Å². The first-order chi connectivity index (χ1) is 5.31. The molecular weight excluding hydrogens is 152 g/mol. The van der Waals surface area contributed by atoms with Crippen LogP contribution in [0.4, 0.5) is 0 Å². The van der Waals surface area contributed by atoms with E-state index in [9.17, 15) is 0 Å². The Morgan fingerprint density at radius 2 is 1.82 bits per heavy atom. The van der Waals surface area contributed by atoms with Gasteiger partial charge in [-0.05, 0) is 24.0 Å². The number of thioether (sulfide) groups is 1. The van der Waals surface area contributed by atoms with Gasteiger partial charge in [0, 0.05) is 0 Å². The molecule has 0 aromatic rings. The van der Waals surface area contributed by atoms with Crippen molar-refractivity contribution in [2.24, 2.45) is 0 Å². The lowest BCUT2D eigenvalue weighted by atomic mass is 10.1. The molecule has 0 aromatic carbocycles. The van der Waals surface area contributed by atoms with Gasteiger partial charge in [-0.1, -0.05) is 39.2 Å². The molecule has 0 aliphatic heterocycles. The highest BCUT2D eigenvalue weighted by molar-refractivity contribution is 8.02. The highest BCUT2D eigenvalue weighted by Crippen LogP contribution is 2.17. The largest absolute Gasteiger partial charge is 0.135 e. The normalized spacial score (nSPS) is 10.0.